The zero-order valence-electron chi connectivity index (χ0n) is 9.58. The second kappa shape index (κ2) is 5.70. The SMILES string of the molecule is CC(C)(C)OC(=O)CC[C@H](N)CC(N)=O. The van der Waals surface area contributed by atoms with E-state index >= 15 is 0 Å². The van der Waals surface area contributed by atoms with Crippen molar-refractivity contribution >= 4 is 11.9 Å². The number of primary amides is 1. The predicted molar refractivity (Wildman–Crippen MR) is 56.9 cm³/mol. The van der Waals surface area contributed by atoms with Crippen molar-refractivity contribution in [3.63, 3.8) is 0 Å². The Hall–Kier alpha value is -1.10. The molecule has 1 atom stereocenters. The van der Waals surface area contributed by atoms with Gasteiger partial charge in [-0.15, -0.1) is 0 Å². The van der Waals surface area contributed by atoms with Crippen LogP contribution in [0, 0.1) is 0 Å². The summed E-state index contributed by atoms with van der Waals surface area (Å²) in [6.45, 7) is 5.40. The van der Waals surface area contributed by atoms with Crippen LogP contribution in [0.2, 0.25) is 0 Å². The lowest BCUT2D eigenvalue weighted by molar-refractivity contribution is -0.155. The van der Waals surface area contributed by atoms with E-state index in [9.17, 15) is 9.59 Å². The zero-order chi connectivity index (χ0) is 12.1. The van der Waals surface area contributed by atoms with E-state index in [0.717, 1.165) is 0 Å². The molecular formula is C10H20N2O3. The molecule has 88 valence electrons. The minimum atomic E-state index is -0.481. The summed E-state index contributed by atoms with van der Waals surface area (Å²) in [6, 6.07) is -0.366. The highest BCUT2D eigenvalue weighted by Crippen LogP contribution is 2.10. The molecule has 0 heterocycles. The number of nitrogens with two attached hydrogens (primary N) is 2. The molecule has 15 heavy (non-hydrogen) atoms. The monoisotopic (exact) mass is 216 g/mol. The number of hydrogen-bond donors (Lipinski definition) is 2. The first-order valence-electron chi connectivity index (χ1n) is 4.96. The minimum Gasteiger partial charge on any atom is -0.460 e. The number of carbonyl (C=O) groups is 2. The molecule has 0 aromatic rings. The number of carbonyl (C=O) groups excluding carboxylic acids is 2. The fourth-order valence-electron chi connectivity index (χ4n) is 1.06. The summed E-state index contributed by atoms with van der Waals surface area (Å²) in [4.78, 5) is 21.8. The third-order valence-electron chi connectivity index (χ3n) is 1.60. The maximum Gasteiger partial charge on any atom is 0.306 e. The smallest absolute Gasteiger partial charge is 0.306 e. The third kappa shape index (κ3) is 9.21. The Morgan fingerprint density at radius 1 is 1.33 bits per heavy atom. The molecule has 0 rings (SSSR count). The van der Waals surface area contributed by atoms with Crippen molar-refractivity contribution in [1.82, 2.24) is 0 Å². The molecule has 0 saturated carbocycles. The molecule has 0 aliphatic carbocycles. The van der Waals surface area contributed by atoms with Crippen molar-refractivity contribution in [2.75, 3.05) is 0 Å². The van der Waals surface area contributed by atoms with E-state index in [1.807, 2.05) is 0 Å². The fourth-order valence-corrected chi connectivity index (χ4v) is 1.06. The van der Waals surface area contributed by atoms with Gasteiger partial charge in [-0.3, -0.25) is 9.59 Å². The van der Waals surface area contributed by atoms with Crippen LogP contribution in [0.1, 0.15) is 40.0 Å². The van der Waals surface area contributed by atoms with Crippen LogP contribution in [0.4, 0.5) is 0 Å². The van der Waals surface area contributed by atoms with E-state index < -0.39 is 11.5 Å². The second-order valence-corrected chi connectivity index (χ2v) is 4.56. The van der Waals surface area contributed by atoms with Crippen LogP contribution in [0.15, 0.2) is 0 Å². The molecule has 0 aliphatic heterocycles. The normalized spacial score (nSPS) is 13.3. The van der Waals surface area contributed by atoms with Gasteiger partial charge in [-0.05, 0) is 27.2 Å². The van der Waals surface area contributed by atoms with Gasteiger partial charge in [0.15, 0.2) is 0 Å². The Morgan fingerprint density at radius 3 is 2.27 bits per heavy atom. The van der Waals surface area contributed by atoms with Crippen LogP contribution < -0.4 is 11.5 Å². The Morgan fingerprint density at radius 2 is 1.87 bits per heavy atom. The minimum absolute atomic E-state index is 0.1000. The average molecular weight is 216 g/mol. The van der Waals surface area contributed by atoms with E-state index in [0.29, 0.717) is 6.42 Å². The van der Waals surface area contributed by atoms with Crippen molar-refractivity contribution in [3.05, 3.63) is 0 Å². The first kappa shape index (κ1) is 13.9. The predicted octanol–water partition coefficient (Wildman–Crippen LogP) is 0.311. The molecule has 0 unspecified atom stereocenters. The molecule has 0 aromatic heterocycles. The number of ether oxygens (including phenoxy) is 1. The van der Waals surface area contributed by atoms with Crippen LogP contribution in [0.5, 0.6) is 0 Å². The molecule has 0 fully saturated rings. The van der Waals surface area contributed by atoms with Gasteiger partial charge in [0.2, 0.25) is 5.91 Å². The molecule has 1 amide bonds. The van der Waals surface area contributed by atoms with E-state index in [1.54, 1.807) is 20.8 Å². The summed E-state index contributed by atoms with van der Waals surface area (Å²) in [6.07, 6.45) is 0.729. The van der Waals surface area contributed by atoms with Crippen LogP contribution in [0.25, 0.3) is 0 Å². The summed E-state index contributed by atoms with van der Waals surface area (Å²) >= 11 is 0. The van der Waals surface area contributed by atoms with Gasteiger partial charge in [0, 0.05) is 18.9 Å². The Bertz CT molecular complexity index is 233. The number of rotatable bonds is 5. The Balaban J connectivity index is 3.76. The van der Waals surface area contributed by atoms with Gasteiger partial charge in [0.1, 0.15) is 5.60 Å². The maximum absolute atomic E-state index is 11.3. The molecule has 5 nitrogen and oxygen atoms in total. The van der Waals surface area contributed by atoms with Crippen LogP contribution in [-0.2, 0) is 14.3 Å². The van der Waals surface area contributed by atoms with Crippen molar-refractivity contribution < 1.29 is 14.3 Å². The molecule has 0 saturated heterocycles. The van der Waals surface area contributed by atoms with Crippen molar-refractivity contribution in [2.45, 2.75) is 51.7 Å². The van der Waals surface area contributed by atoms with Gasteiger partial charge < -0.3 is 16.2 Å². The first-order chi connectivity index (χ1) is 6.70. The van der Waals surface area contributed by atoms with Gasteiger partial charge >= 0.3 is 5.97 Å². The molecule has 0 spiro atoms. The third-order valence-corrected chi connectivity index (χ3v) is 1.60. The first-order valence-corrected chi connectivity index (χ1v) is 4.96. The summed E-state index contributed by atoms with van der Waals surface area (Å²) in [5.41, 5.74) is 10.1. The molecule has 5 heteroatoms. The van der Waals surface area contributed by atoms with Gasteiger partial charge in [-0.1, -0.05) is 0 Å². The number of amides is 1. The largest absolute Gasteiger partial charge is 0.460 e. The molecule has 0 aromatic carbocycles. The summed E-state index contributed by atoms with van der Waals surface area (Å²) < 4.78 is 5.08. The van der Waals surface area contributed by atoms with E-state index in [-0.39, 0.29) is 24.9 Å². The van der Waals surface area contributed by atoms with Gasteiger partial charge in [0.05, 0.1) is 0 Å². The number of esters is 1. The highest BCUT2D eigenvalue weighted by Gasteiger charge is 2.17. The fraction of sp³-hybridized carbons (Fsp3) is 0.800. The quantitative estimate of drug-likeness (QED) is 0.646. The summed E-state index contributed by atoms with van der Waals surface area (Å²) in [7, 11) is 0. The van der Waals surface area contributed by atoms with Crippen LogP contribution in [0.3, 0.4) is 0 Å². The van der Waals surface area contributed by atoms with Gasteiger partial charge in [0.25, 0.3) is 0 Å². The molecule has 4 N–H and O–H groups in total. The highest BCUT2D eigenvalue weighted by atomic mass is 16.6. The average Bonchev–Trinajstić information content (AvgIpc) is 1.96. The summed E-state index contributed by atoms with van der Waals surface area (Å²) in [5, 5.41) is 0. The van der Waals surface area contributed by atoms with Gasteiger partial charge in [-0.25, -0.2) is 0 Å². The second-order valence-electron chi connectivity index (χ2n) is 4.56. The molecule has 0 radical (unpaired) electrons. The Kier molecular flexibility index (Phi) is 5.28. The standard InChI is InChI=1S/C10H20N2O3/c1-10(2,3)15-9(14)5-4-7(11)6-8(12)13/h7H,4-6,11H2,1-3H3,(H2,12,13)/t7-/m0/s1. The molecular weight excluding hydrogens is 196 g/mol. The molecule has 0 aliphatic rings. The Labute approximate surface area is 90.1 Å². The van der Waals surface area contributed by atoms with E-state index in [2.05, 4.69) is 0 Å². The topological polar surface area (TPSA) is 95.4 Å². The van der Waals surface area contributed by atoms with Crippen molar-refractivity contribution in [1.29, 1.82) is 0 Å². The van der Waals surface area contributed by atoms with Crippen molar-refractivity contribution in [2.24, 2.45) is 11.5 Å². The summed E-state index contributed by atoms with van der Waals surface area (Å²) in [5.74, 6) is -0.755. The maximum atomic E-state index is 11.3. The van der Waals surface area contributed by atoms with Gasteiger partial charge in [-0.2, -0.15) is 0 Å². The number of hydrogen-bond acceptors (Lipinski definition) is 4. The lowest BCUT2D eigenvalue weighted by Crippen LogP contribution is -2.29. The van der Waals surface area contributed by atoms with Crippen LogP contribution in [-0.4, -0.2) is 23.5 Å². The van der Waals surface area contributed by atoms with Crippen molar-refractivity contribution in [3.8, 4) is 0 Å². The lowest BCUT2D eigenvalue weighted by Gasteiger charge is -2.20. The highest BCUT2D eigenvalue weighted by molar-refractivity contribution is 5.74. The zero-order valence-corrected chi connectivity index (χ0v) is 9.58. The van der Waals surface area contributed by atoms with Crippen LogP contribution >= 0.6 is 0 Å². The van der Waals surface area contributed by atoms with E-state index in [1.165, 1.54) is 0 Å². The van der Waals surface area contributed by atoms with E-state index in [4.69, 9.17) is 16.2 Å². The lowest BCUT2D eigenvalue weighted by atomic mass is 10.1. The molecule has 0 bridgehead atoms.